The Kier molecular flexibility index (Phi) is 10.1. The first-order valence-corrected chi connectivity index (χ1v) is 7.75. The summed E-state index contributed by atoms with van der Waals surface area (Å²) in [5.74, 6) is 0. The van der Waals surface area contributed by atoms with Gasteiger partial charge in [-0.2, -0.15) is 5.10 Å². The summed E-state index contributed by atoms with van der Waals surface area (Å²) in [7, 11) is 1.91. The molecule has 0 aliphatic carbocycles. The monoisotopic (exact) mass is 299 g/mol. The number of unbranched alkanes of at least 4 members (excludes halogenated alkanes) is 1. The minimum atomic E-state index is -0.482. The largest absolute Gasteiger partial charge is 0.389 e. The number of ether oxygens (including phenoxy) is 2. The molecule has 1 aromatic rings. The van der Waals surface area contributed by atoms with Crippen molar-refractivity contribution in [2.75, 3.05) is 39.5 Å². The molecule has 1 heterocycles. The summed E-state index contributed by atoms with van der Waals surface area (Å²) in [6, 6.07) is 2.00. The molecule has 0 radical (unpaired) electrons. The summed E-state index contributed by atoms with van der Waals surface area (Å²) in [5, 5.41) is 17.2. The van der Waals surface area contributed by atoms with Crippen molar-refractivity contribution in [3.05, 3.63) is 18.0 Å². The predicted molar refractivity (Wildman–Crippen MR) is 82.3 cm³/mol. The topological polar surface area (TPSA) is 68.5 Å². The van der Waals surface area contributed by atoms with E-state index in [1.165, 1.54) is 0 Å². The van der Waals surface area contributed by atoms with Crippen molar-refractivity contribution >= 4 is 0 Å². The highest BCUT2D eigenvalue weighted by Crippen LogP contribution is 1.94. The number of aryl methyl sites for hydroxylation is 1. The Bertz CT molecular complexity index is 358. The van der Waals surface area contributed by atoms with Crippen molar-refractivity contribution in [3.63, 3.8) is 0 Å². The highest BCUT2D eigenvalue weighted by molar-refractivity contribution is 4.98. The molecule has 1 unspecified atom stereocenters. The van der Waals surface area contributed by atoms with Crippen LogP contribution in [0.2, 0.25) is 0 Å². The summed E-state index contributed by atoms with van der Waals surface area (Å²) in [4.78, 5) is 0. The lowest BCUT2D eigenvalue weighted by atomic mass is 10.3. The number of aromatic nitrogens is 2. The molecule has 0 saturated heterocycles. The van der Waals surface area contributed by atoms with E-state index in [2.05, 4.69) is 17.3 Å². The van der Waals surface area contributed by atoms with Gasteiger partial charge < -0.3 is 19.9 Å². The molecule has 0 amide bonds. The maximum Gasteiger partial charge on any atom is 0.0897 e. The number of aliphatic hydroxyl groups is 1. The van der Waals surface area contributed by atoms with Crippen LogP contribution in [0.15, 0.2) is 12.3 Å². The fourth-order valence-electron chi connectivity index (χ4n) is 1.83. The average Bonchev–Trinajstić information content (AvgIpc) is 2.88. The molecule has 0 aliphatic rings. The maximum absolute atomic E-state index is 9.74. The van der Waals surface area contributed by atoms with E-state index in [0.29, 0.717) is 26.4 Å². The molecule has 0 bridgehead atoms. The van der Waals surface area contributed by atoms with Crippen LogP contribution in [0.4, 0.5) is 0 Å². The third-order valence-electron chi connectivity index (χ3n) is 3.03. The lowest BCUT2D eigenvalue weighted by Crippen LogP contribution is -2.32. The van der Waals surface area contributed by atoms with E-state index in [1.54, 1.807) is 4.68 Å². The Morgan fingerprint density at radius 1 is 1.33 bits per heavy atom. The second kappa shape index (κ2) is 11.7. The van der Waals surface area contributed by atoms with Crippen LogP contribution in [-0.2, 0) is 22.9 Å². The fourth-order valence-corrected chi connectivity index (χ4v) is 1.83. The number of rotatable bonds is 13. The second-order valence-corrected chi connectivity index (χ2v) is 5.13. The average molecular weight is 299 g/mol. The first kappa shape index (κ1) is 18.1. The molecular formula is C15H29N3O3. The van der Waals surface area contributed by atoms with Crippen LogP contribution in [-0.4, -0.2) is 60.5 Å². The van der Waals surface area contributed by atoms with Crippen LogP contribution in [0.25, 0.3) is 0 Å². The molecule has 6 nitrogen and oxygen atoms in total. The summed E-state index contributed by atoms with van der Waals surface area (Å²) in [6.07, 6.45) is 4.54. The molecule has 0 saturated carbocycles. The van der Waals surface area contributed by atoms with Gasteiger partial charge in [0, 0.05) is 39.4 Å². The van der Waals surface area contributed by atoms with E-state index in [0.717, 1.165) is 38.1 Å². The molecule has 1 aromatic heterocycles. The van der Waals surface area contributed by atoms with Crippen LogP contribution in [0.3, 0.4) is 0 Å². The molecule has 0 aromatic carbocycles. The van der Waals surface area contributed by atoms with Crippen molar-refractivity contribution in [2.24, 2.45) is 7.05 Å². The second-order valence-electron chi connectivity index (χ2n) is 5.13. The molecule has 0 fully saturated rings. The number of hydrogen-bond donors (Lipinski definition) is 2. The van der Waals surface area contributed by atoms with Crippen molar-refractivity contribution < 1.29 is 14.6 Å². The molecule has 1 rings (SSSR count). The predicted octanol–water partition coefficient (Wildman–Crippen LogP) is 0.746. The number of aliphatic hydroxyl groups excluding tert-OH is 1. The highest BCUT2D eigenvalue weighted by Gasteiger charge is 2.04. The van der Waals surface area contributed by atoms with Gasteiger partial charge in [0.1, 0.15) is 0 Å². The van der Waals surface area contributed by atoms with Crippen LogP contribution in [0.1, 0.15) is 25.5 Å². The van der Waals surface area contributed by atoms with Gasteiger partial charge in [0.2, 0.25) is 0 Å². The third kappa shape index (κ3) is 9.57. The quantitative estimate of drug-likeness (QED) is 0.526. The van der Waals surface area contributed by atoms with Gasteiger partial charge in [-0.3, -0.25) is 4.68 Å². The van der Waals surface area contributed by atoms with Gasteiger partial charge in [0.15, 0.2) is 0 Å². The molecule has 21 heavy (non-hydrogen) atoms. The Balaban J connectivity index is 1.88. The lowest BCUT2D eigenvalue weighted by Gasteiger charge is -2.12. The summed E-state index contributed by atoms with van der Waals surface area (Å²) in [6.45, 7) is 5.73. The first-order valence-electron chi connectivity index (χ1n) is 7.75. The van der Waals surface area contributed by atoms with Gasteiger partial charge in [-0.25, -0.2) is 0 Å². The highest BCUT2D eigenvalue weighted by atomic mass is 16.5. The van der Waals surface area contributed by atoms with E-state index in [4.69, 9.17) is 9.47 Å². The van der Waals surface area contributed by atoms with Crippen molar-refractivity contribution in [3.8, 4) is 0 Å². The number of nitrogens with zero attached hydrogens (tertiary/aromatic N) is 2. The fraction of sp³-hybridized carbons (Fsp3) is 0.800. The zero-order valence-corrected chi connectivity index (χ0v) is 13.3. The van der Waals surface area contributed by atoms with E-state index >= 15 is 0 Å². The van der Waals surface area contributed by atoms with Crippen molar-refractivity contribution in [2.45, 2.75) is 32.3 Å². The van der Waals surface area contributed by atoms with E-state index in [1.807, 2.05) is 19.3 Å². The smallest absolute Gasteiger partial charge is 0.0897 e. The summed E-state index contributed by atoms with van der Waals surface area (Å²) < 4.78 is 12.5. The number of hydrogen-bond acceptors (Lipinski definition) is 5. The third-order valence-corrected chi connectivity index (χ3v) is 3.03. The molecule has 0 spiro atoms. The molecular weight excluding hydrogens is 270 g/mol. The van der Waals surface area contributed by atoms with Gasteiger partial charge in [-0.1, -0.05) is 13.3 Å². The minimum absolute atomic E-state index is 0.341. The molecule has 0 aliphatic heterocycles. The number of nitrogens with one attached hydrogen (secondary N) is 1. The van der Waals surface area contributed by atoms with Gasteiger partial charge in [-0.15, -0.1) is 0 Å². The van der Waals surface area contributed by atoms with Crippen LogP contribution >= 0.6 is 0 Å². The zero-order valence-electron chi connectivity index (χ0n) is 13.3. The summed E-state index contributed by atoms with van der Waals surface area (Å²) in [5.41, 5.74) is 1.06. The Morgan fingerprint density at radius 3 is 2.86 bits per heavy atom. The van der Waals surface area contributed by atoms with Crippen LogP contribution in [0, 0.1) is 0 Å². The molecule has 2 N–H and O–H groups in total. The summed E-state index contributed by atoms with van der Waals surface area (Å²) >= 11 is 0. The standard InChI is InChI=1S/C15H29N3O3/c1-3-4-9-20-10-11-21-13-15(19)12-16-7-5-14-6-8-18(2)17-14/h6,8,15-16,19H,3-5,7,9-13H2,1-2H3. The van der Waals surface area contributed by atoms with E-state index < -0.39 is 6.10 Å². The van der Waals surface area contributed by atoms with Gasteiger partial charge in [-0.05, 0) is 12.5 Å². The molecule has 122 valence electrons. The Labute approximate surface area is 127 Å². The van der Waals surface area contributed by atoms with Crippen LogP contribution in [0.5, 0.6) is 0 Å². The van der Waals surface area contributed by atoms with Gasteiger partial charge >= 0.3 is 0 Å². The lowest BCUT2D eigenvalue weighted by molar-refractivity contribution is 0.00401. The van der Waals surface area contributed by atoms with Gasteiger partial charge in [0.25, 0.3) is 0 Å². The van der Waals surface area contributed by atoms with Crippen molar-refractivity contribution in [1.82, 2.24) is 15.1 Å². The normalized spacial score (nSPS) is 12.7. The molecule has 6 heteroatoms. The zero-order chi connectivity index (χ0) is 15.3. The van der Waals surface area contributed by atoms with E-state index in [-0.39, 0.29) is 0 Å². The Morgan fingerprint density at radius 2 is 2.14 bits per heavy atom. The minimum Gasteiger partial charge on any atom is -0.389 e. The van der Waals surface area contributed by atoms with Gasteiger partial charge in [0.05, 0.1) is 31.6 Å². The first-order chi connectivity index (χ1) is 10.2. The van der Waals surface area contributed by atoms with Crippen molar-refractivity contribution in [1.29, 1.82) is 0 Å². The molecule has 1 atom stereocenters. The maximum atomic E-state index is 9.74. The Hall–Kier alpha value is -0.950. The van der Waals surface area contributed by atoms with E-state index in [9.17, 15) is 5.11 Å². The van der Waals surface area contributed by atoms with Crippen LogP contribution < -0.4 is 5.32 Å². The SMILES string of the molecule is CCCCOCCOCC(O)CNCCc1ccn(C)n1.